The van der Waals surface area contributed by atoms with Crippen molar-refractivity contribution in [1.29, 1.82) is 0 Å². The lowest BCUT2D eigenvalue weighted by Crippen LogP contribution is -2.46. The largest absolute Gasteiger partial charge is 0.507 e. The Kier molecular flexibility index (Phi) is 7.54. The topological polar surface area (TPSA) is 114 Å². The van der Waals surface area contributed by atoms with E-state index in [1.165, 1.54) is 32.2 Å². The van der Waals surface area contributed by atoms with Crippen molar-refractivity contribution in [3.8, 4) is 11.5 Å². The molecule has 0 unspecified atom stereocenters. The molecule has 1 aromatic rings. The van der Waals surface area contributed by atoms with Crippen LogP contribution in [0.4, 0.5) is 0 Å². The van der Waals surface area contributed by atoms with Crippen LogP contribution in [0.5, 0.6) is 11.5 Å². The van der Waals surface area contributed by atoms with Crippen molar-refractivity contribution in [3.63, 3.8) is 0 Å². The average Bonchev–Trinajstić information content (AvgIpc) is 2.57. The van der Waals surface area contributed by atoms with Gasteiger partial charge in [0.2, 0.25) is 5.91 Å². The van der Waals surface area contributed by atoms with Crippen LogP contribution in [0.25, 0.3) is 0 Å². The van der Waals surface area contributed by atoms with Gasteiger partial charge in [-0.1, -0.05) is 6.92 Å². The molecular formula is C16H22N2O6. The van der Waals surface area contributed by atoms with E-state index in [-0.39, 0.29) is 17.2 Å². The van der Waals surface area contributed by atoms with Crippen molar-refractivity contribution < 1.29 is 29.0 Å². The highest BCUT2D eigenvalue weighted by atomic mass is 16.5. The lowest BCUT2D eigenvalue weighted by atomic mass is 10.2. The molecule has 0 aliphatic carbocycles. The van der Waals surface area contributed by atoms with Crippen LogP contribution in [0.2, 0.25) is 0 Å². The van der Waals surface area contributed by atoms with Gasteiger partial charge >= 0.3 is 5.97 Å². The molecule has 8 heteroatoms. The molecule has 1 rings (SSSR count). The van der Waals surface area contributed by atoms with Gasteiger partial charge in [0.05, 0.1) is 7.11 Å². The van der Waals surface area contributed by atoms with Gasteiger partial charge in [-0.25, -0.2) is 4.79 Å². The SMILES string of the molecule is CCCNC(=O)[C@@H](C)NC(=O)COC(=O)c1ccc(OC)cc1O. The minimum absolute atomic E-state index is 0.0858. The van der Waals surface area contributed by atoms with Gasteiger partial charge in [-0.3, -0.25) is 9.59 Å². The fourth-order valence-corrected chi connectivity index (χ4v) is 1.77. The number of esters is 1. The molecule has 1 atom stereocenters. The third-order valence-corrected chi connectivity index (χ3v) is 3.08. The maximum Gasteiger partial charge on any atom is 0.342 e. The third kappa shape index (κ3) is 5.79. The summed E-state index contributed by atoms with van der Waals surface area (Å²) in [6.07, 6.45) is 0.787. The van der Waals surface area contributed by atoms with E-state index in [4.69, 9.17) is 9.47 Å². The molecule has 0 radical (unpaired) electrons. The summed E-state index contributed by atoms with van der Waals surface area (Å²) < 4.78 is 9.73. The van der Waals surface area contributed by atoms with E-state index in [2.05, 4.69) is 10.6 Å². The monoisotopic (exact) mass is 338 g/mol. The summed E-state index contributed by atoms with van der Waals surface area (Å²) >= 11 is 0. The van der Waals surface area contributed by atoms with E-state index < -0.39 is 24.5 Å². The number of carbonyl (C=O) groups is 3. The molecule has 0 spiro atoms. The highest BCUT2D eigenvalue weighted by Gasteiger charge is 2.18. The van der Waals surface area contributed by atoms with Crippen molar-refractivity contribution in [2.45, 2.75) is 26.3 Å². The zero-order valence-corrected chi connectivity index (χ0v) is 13.9. The lowest BCUT2D eigenvalue weighted by Gasteiger charge is -2.14. The van der Waals surface area contributed by atoms with Crippen molar-refractivity contribution in [2.24, 2.45) is 0 Å². The first kappa shape index (κ1) is 19.3. The average molecular weight is 338 g/mol. The molecule has 0 saturated heterocycles. The highest BCUT2D eigenvalue weighted by Crippen LogP contribution is 2.23. The Morgan fingerprint density at radius 2 is 2.00 bits per heavy atom. The number of phenols is 1. The summed E-state index contributed by atoms with van der Waals surface area (Å²) in [7, 11) is 1.43. The summed E-state index contributed by atoms with van der Waals surface area (Å²) in [6.45, 7) is 3.40. The Morgan fingerprint density at radius 1 is 1.29 bits per heavy atom. The predicted octanol–water partition coefficient (Wildman–Crippen LogP) is 0.589. The molecule has 24 heavy (non-hydrogen) atoms. The number of ether oxygens (including phenoxy) is 2. The van der Waals surface area contributed by atoms with Crippen LogP contribution in [-0.2, 0) is 14.3 Å². The number of rotatable bonds is 8. The number of amides is 2. The van der Waals surface area contributed by atoms with E-state index in [1.54, 1.807) is 0 Å². The predicted molar refractivity (Wildman–Crippen MR) is 85.8 cm³/mol. The van der Waals surface area contributed by atoms with E-state index >= 15 is 0 Å². The van der Waals surface area contributed by atoms with Crippen LogP contribution in [0, 0.1) is 0 Å². The number of aromatic hydroxyl groups is 1. The fraction of sp³-hybridized carbons (Fsp3) is 0.438. The van der Waals surface area contributed by atoms with Gasteiger partial charge < -0.3 is 25.2 Å². The van der Waals surface area contributed by atoms with Crippen LogP contribution in [0.1, 0.15) is 30.6 Å². The maximum atomic E-state index is 11.8. The second-order valence-corrected chi connectivity index (χ2v) is 5.04. The standard InChI is InChI=1S/C16H22N2O6/c1-4-7-17-15(21)10(2)18-14(20)9-24-16(22)12-6-5-11(23-3)8-13(12)19/h5-6,8,10,19H,4,7,9H2,1-3H3,(H,17,21)(H,18,20)/t10-/m1/s1. The van der Waals surface area contributed by atoms with Gasteiger partial charge in [-0.15, -0.1) is 0 Å². The van der Waals surface area contributed by atoms with Gasteiger partial charge in [0, 0.05) is 12.6 Å². The Hall–Kier alpha value is -2.77. The third-order valence-electron chi connectivity index (χ3n) is 3.08. The molecule has 3 N–H and O–H groups in total. The molecule has 0 aliphatic rings. The van der Waals surface area contributed by atoms with Crippen molar-refractivity contribution in [1.82, 2.24) is 10.6 Å². The van der Waals surface area contributed by atoms with Crippen LogP contribution in [-0.4, -0.2) is 49.2 Å². The molecule has 0 fully saturated rings. The second kappa shape index (κ2) is 9.39. The summed E-state index contributed by atoms with van der Waals surface area (Å²) in [6, 6.07) is 3.33. The van der Waals surface area contributed by atoms with Crippen molar-refractivity contribution >= 4 is 17.8 Å². The van der Waals surface area contributed by atoms with Crippen LogP contribution >= 0.6 is 0 Å². The van der Waals surface area contributed by atoms with Gasteiger partial charge in [0.25, 0.3) is 5.91 Å². The quantitative estimate of drug-likeness (QED) is 0.598. The van der Waals surface area contributed by atoms with Crippen LogP contribution in [0.15, 0.2) is 18.2 Å². The number of carbonyl (C=O) groups excluding carboxylic acids is 3. The number of benzene rings is 1. The number of methoxy groups -OCH3 is 1. The zero-order valence-electron chi connectivity index (χ0n) is 13.9. The molecule has 1 aromatic carbocycles. The Balaban J connectivity index is 2.49. The normalized spacial score (nSPS) is 11.3. The first-order valence-electron chi connectivity index (χ1n) is 7.50. The smallest absolute Gasteiger partial charge is 0.342 e. The maximum absolute atomic E-state index is 11.8. The first-order valence-corrected chi connectivity index (χ1v) is 7.50. The molecule has 2 amide bonds. The van der Waals surface area contributed by atoms with Crippen molar-refractivity contribution in [3.05, 3.63) is 23.8 Å². The lowest BCUT2D eigenvalue weighted by molar-refractivity contribution is -0.130. The van der Waals surface area contributed by atoms with Gasteiger partial charge in [-0.05, 0) is 25.5 Å². The van der Waals surface area contributed by atoms with E-state index in [0.29, 0.717) is 12.3 Å². The number of phenolic OH excluding ortho intramolecular Hbond substituents is 1. The molecule has 0 saturated carbocycles. The number of nitrogens with one attached hydrogen (secondary N) is 2. The van der Waals surface area contributed by atoms with Crippen LogP contribution < -0.4 is 15.4 Å². The Bertz CT molecular complexity index is 602. The summed E-state index contributed by atoms with van der Waals surface area (Å²) in [4.78, 5) is 35.2. The molecule has 0 aromatic heterocycles. The van der Waals surface area contributed by atoms with Crippen molar-refractivity contribution in [2.75, 3.05) is 20.3 Å². The summed E-state index contributed by atoms with van der Waals surface area (Å²) in [5.74, 6) is -1.71. The molecule has 0 heterocycles. The van der Waals surface area contributed by atoms with E-state index in [1.807, 2.05) is 6.92 Å². The minimum Gasteiger partial charge on any atom is -0.507 e. The van der Waals surface area contributed by atoms with Crippen LogP contribution in [0.3, 0.4) is 0 Å². The Labute approximate surface area is 140 Å². The van der Waals surface area contributed by atoms with E-state index in [9.17, 15) is 19.5 Å². The van der Waals surface area contributed by atoms with E-state index in [0.717, 1.165) is 6.42 Å². The fourth-order valence-electron chi connectivity index (χ4n) is 1.77. The Morgan fingerprint density at radius 3 is 2.58 bits per heavy atom. The molecule has 0 aliphatic heterocycles. The second-order valence-electron chi connectivity index (χ2n) is 5.04. The number of hydrogen-bond donors (Lipinski definition) is 3. The van der Waals surface area contributed by atoms with Gasteiger partial charge in [0.15, 0.2) is 6.61 Å². The minimum atomic E-state index is -0.853. The van der Waals surface area contributed by atoms with Gasteiger partial charge in [0.1, 0.15) is 23.1 Å². The molecule has 0 bridgehead atoms. The highest BCUT2D eigenvalue weighted by molar-refractivity contribution is 5.94. The molecule has 8 nitrogen and oxygen atoms in total. The summed E-state index contributed by atoms with van der Waals surface area (Å²) in [5, 5.41) is 14.8. The number of hydrogen-bond acceptors (Lipinski definition) is 6. The molecule has 132 valence electrons. The first-order chi connectivity index (χ1) is 11.4. The van der Waals surface area contributed by atoms with Gasteiger partial charge in [-0.2, -0.15) is 0 Å². The zero-order chi connectivity index (χ0) is 18.1. The summed E-state index contributed by atoms with van der Waals surface area (Å²) in [5.41, 5.74) is -0.0858. The molecular weight excluding hydrogens is 316 g/mol.